The van der Waals surface area contributed by atoms with E-state index in [1.807, 2.05) is 19.9 Å². The van der Waals surface area contributed by atoms with E-state index in [0.717, 1.165) is 24.2 Å². The number of halogens is 1. The van der Waals surface area contributed by atoms with Crippen LogP contribution in [0, 0.1) is 18.3 Å². The standard InChI is InChI=1S/C20H24ClN5/c1-5-25(6-2)17-10-8-16(9-11-17)14-23-26(7-3)19-12-15(4)18(13-22)20(21)24-19/h8-12,14H,5-7H2,1-4H3/b23-14-. The normalized spacial score (nSPS) is 10.8. The van der Waals surface area contributed by atoms with Gasteiger partial charge in [0.25, 0.3) is 0 Å². The topological polar surface area (TPSA) is 55.5 Å². The van der Waals surface area contributed by atoms with Crippen molar-refractivity contribution in [3.8, 4) is 6.07 Å². The Balaban J connectivity index is 2.21. The first kappa shape index (κ1) is 19.7. The van der Waals surface area contributed by atoms with Gasteiger partial charge in [-0.05, 0) is 57.0 Å². The number of anilines is 2. The molecular formula is C20H24ClN5. The molecule has 2 rings (SSSR count). The van der Waals surface area contributed by atoms with E-state index in [1.165, 1.54) is 5.69 Å². The average molecular weight is 370 g/mol. The van der Waals surface area contributed by atoms with E-state index in [1.54, 1.807) is 11.2 Å². The highest BCUT2D eigenvalue weighted by Gasteiger charge is 2.11. The second-order valence-corrected chi connectivity index (χ2v) is 6.16. The van der Waals surface area contributed by atoms with Crippen LogP contribution in [0.1, 0.15) is 37.5 Å². The molecule has 1 heterocycles. The number of rotatable bonds is 7. The number of nitrogens with zero attached hydrogens (tertiary/aromatic N) is 5. The number of pyridine rings is 1. The van der Waals surface area contributed by atoms with E-state index < -0.39 is 0 Å². The lowest BCUT2D eigenvalue weighted by atomic mass is 10.2. The molecule has 0 atom stereocenters. The van der Waals surface area contributed by atoms with Gasteiger partial charge in [-0.3, -0.25) is 0 Å². The van der Waals surface area contributed by atoms with Gasteiger partial charge in [0, 0.05) is 25.3 Å². The molecule has 6 heteroatoms. The summed E-state index contributed by atoms with van der Waals surface area (Å²) in [7, 11) is 0. The molecule has 0 unspecified atom stereocenters. The number of aromatic nitrogens is 1. The Morgan fingerprint density at radius 1 is 1.15 bits per heavy atom. The highest BCUT2D eigenvalue weighted by Crippen LogP contribution is 2.23. The Kier molecular flexibility index (Phi) is 6.99. The van der Waals surface area contributed by atoms with E-state index in [2.05, 4.69) is 59.2 Å². The van der Waals surface area contributed by atoms with Crippen molar-refractivity contribution >= 4 is 29.3 Å². The van der Waals surface area contributed by atoms with Crippen LogP contribution in [0.3, 0.4) is 0 Å². The molecule has 0 bridgehead atoms. The molecule has 0 N–H and O–H groups in total. The van der Waals surface area contributed by atoms with Crippen LogP contribution in [0.5, 0.6) is 0 Å². The molecule has 0 amide bonds. The van der Waals surface area contributed by atoms with Crippen molar-refractivity contribution in [2.45, 2.75) is 27.7 Å². The highest BCUT2D eigenvalue weighted by molar-refractivity contribution is 6.30. The Morgan fingerprint density at radius 2 is 1.81 bits per heavy atom. The molecule has 0 radical (unpaired) electrons. The Bertz CT molecular complexity index is 781. The van der Waals surface area contributed by atoms with Crippen LogP contribution in [0.15, 0.2) is 35.4 Å². The van der Waals surface area contributed by atoms with Gasteiger partial charge in [-0.25, -0.2) is 9.99 Å². The molecular weight excluding hydrogens is 346 g/mol. The molecule has 1 aromatic carbocycles. The maximum atomic E-state index is 9.11. The summed E-state index contributed by atoms with van der Waals surface area (Å²) in [5.74, 6) is 0.630. The molecule has 0 saturated carbocycles. The second kappa shape index (κ2) is 9.21. The molecule has 0 spiro atoms. The SMILES string of the molecule is CCN(CC)c1ccc(/C=N\N(CC)c2cc(C)c(C#N)c(Cl)n2)cc1. The molecule has 0 aliphatic carbocycles. The monoisotopic (exact) mass is 369 g/mol. The molecule has 5 nitrogen and oxygen atoms in total. The molecule has 0 saturated heterocycles. The smallest absolute Gasteiger partial charge is 0.150 e. The summed E-state index contributed by atoms with van der Waals surface area (Å²) >= 11 is 6.11. The first-order valence-corrected chi connectivity index (χ1v) is 9.15. The van der Waals surface area contributed by atoms with E-state index in [4.69, 9.17) is 16.9 Å². The van der Waals surface area contributed by atoms with Gasteiger partial charge in [0.2, 0.25) is 0 Å². The van der Waals surface area contributed by atoms with E-state index in [9.17, 15) is 0 Å². The van der Waals surface area contributed by atoms with E-state index in [0.29, 0.717) is 17.9 Å². The maximum Gasteiger partial charge on any atom is 0.150 e. The fraction of sp³-hybridized carbons (Fsp3) is 0.350. The van der Waals surface area contributed by atoms with Crippen molar-refractivity contribution in [2.24, 2.45) is 5.10 Å². The van der Waals surface area contributed by atoms with Crippen LogP contribution in [0.2, 0.25) is 5.15 Å². The first-order chi connectivity index (χ1) is 12.5. The molecule has 1 aromatic heterocycles. The second-order valence-electron chi connectivity index (χ2n) is 5.80. The summed E-state index contributed by atoms with van der Waals surface area (Å²) in [4.78, 5) is 6.59. The number of hydrogen-bond donors (Lipinski definition) is 0. The lowest BCUT2D eigenvalue weighted by Gasteiger charge is -2.21. The van der Waals surface area contributed by atoms with Gasteiger partial charge in [0.1, 0.15) is 11.2 Å². The third kappa shape index (κ3) is 4.53. The third-order valence-corrected chi connectivity index (χ3v) is 4.48. The average Bonchev–Trinajstić information content (AvgIpc) is 2.64. The summed E-state index contributed by atoms with van der Waals surface area (Å²) < 4.78 is 0. The predicted molar refractivity (Wildman–Crippen MR) is 109 cm³/mol. The van der Waals surface area contributed by atoms with Crippen molar-refractivity contribution < 1.29 is 0 Å². The lowest BCUT2D eigenvalue weighted by molar-refractivity contribution is 0.866. The van der Waals surface area contributed by atoms with Gasteiger partial charge >= 0.3 is 0 Å². The highest BCUT2D eigenvalue weighted by atomic mass is 35.5. The molecule has 136 valence electrons. The fourth-order valence-corrected chi connectivity index (χ4v) is 2.96. The quantitative estimate of drug-likeness (QED) is 0.406. The van der Waals surface area contributed by atoms with Crippen LogP contribution < -0.4 is 9.91 Å². The van der Waals surface area contributed by atoms with E-state index in [-0.39, 0.29) is 5.15 Å². The van der Waals surface area contributed by atoms with E-state index >= 15 is 0 Å². The van der Waals surface area contributed by atoms with Crippen molar-refractivity contribution in [3.63, 3.8) is 0 Å². The zero-order chi connectivity index (χ0) is 19.1. The maximum absolute atomic E-state index is 9.11. The van der Waals surface area contributed by atoms with Gasteiger partial charge < -0.3 is 4.90 Å². The van der Waals surface area contributed by atoms with Gasteiger partial charge in [0.05, 0.1) is 11.8 Å². The van der Waals surface area contributed by atoms with Gasteiger partial charge in [-0.1, -0.05) is 23.7 Å². The van der Waals surface area contributed by atoms with Crippen molar-refractivity contribution in [1.29, 1.82) is 5.26 Å². The number of nitriles is 1. The molecule has 2 aromatic rings. The Labute approximate surface area is 160 Å². The van der Waals surface area contributed by atoms with Crippen LogP contribution in [-0.4, -0.2) is 30.8 Å². The summed E-state index contributed by atoms with van der Waals surface area (Å²) in [6, 6.07) is 12.2. The van der Waals surface area contributed by atoms with Crippen molar-refractivity contribution in [3.05, 3.63) is 52.2 Å². The van der Waals surface area contributed by atoms with Gasteiger partial charge in [0.15, 0.2) is 5.82 Å². The molecule has 0 fully saturated rings. The summed E-state index contributed by atoms with van der Waals surface area (Å²) in [5, 5.41) is 15.6. The summed E-state index contributed by atoms with van der Waals surface area (Å²) in [5.41, 5.74) is 3.41. The third-order valence-electron chi connectivity index (χ3n) is 4.20. The first-order valence-electron chi connectivity index (χ1n) is 8.77. The minimum Gasteiger partial charge on any atom is -0.372 e. The number of benzene rings is 1. The summed E-state index contributed by atoms with van der Waals surface area (Å²) in [6.07, 6.45) is 1.80. The molecule has 0 aliphatic heterocycles. The van der Waals surface area contributed by atoms with Gasteiger partial charge in [-0.2, -0.15) is 10.4 Å². The largest absolute Gasteiger partial charge is 0.372 e. The summed E-state index contributed by atoms with van der Waals surface area (Å²) in [6.45, 7) is 10.7. The van der Waals surface area contributed by atoms with Gasteiger partial charge in [-0.15, -0.1) is 0 Å². The molecule has 0 aliphatic rings. The number of aryl methyl sites for hydroxylation is 1. The number of hydrazone groups is 1. The minimum absolute atomic E-state index is 0.208. The molecule has 26 heavy (non-hydrogen) atoms. The van der Waals surface area contributed by atoms with Crippen molar-refractivity contribution in [2.75, 3.05) is 29.5 Å². The Morgan fingerprint density at radius 3 is 2.31 bits per heavy atom. The number of hydrogen-bond acceptors (Lipinski definition) is 5. The van der Waals surface area contributed by atoms with Crippen LogP contribution in [0.25, 0.3) is 0 Å². The zero-order valence-electron chi connectivity index (χ0n) is 15.7. The van der Waals surface area contributed by atoms with Crippen LogP contribution in [0.4, 0.5) is 11.5 Å². The van der Waals surface area contributed by atoms with Crippen molar-refractivity contribution in [1.82, 2.24) is 4.98 Å². The minimum atomic E-state index is 0.208. The predicted octanol–water partition coefficient (Wildman–Crippen LogP) is 4.62. The lowest BCUT2D eigenvalue weighted by Crippen LogP contribution is -2.21. The Hall–Kier alpha value is -2.58. The zero-order valence-corrected chi connectivity index (χ0v) is 16.5. The van der Waals surface area contributed by atoms with Crippen LogP contribution >= 0.6 is 11.6 Å². The fourth-order valence-electron chi connectivity index (χ4n) is 2.68. The van der Waals surface area contributed by atoms with Crippen LogP contribution in [-0.2, 0) is 0 Å².